The Bertz CT molecular complexity index is 1180. The second-order valence-electron chi connectivity index (χ2n) is 5.99. The molecule has 2 aromatic carbocycles. The smallest absolute Gasteiger partial charge is 0.332 e. The number of halogens is 1. The molecule has 0 bridgehead atoms. The highest BCUT2D eigenvalue weighted by Gasteiger charge is 2.15. The molecule has 0 aliphatic rings. The number of methoxy groups -OCH3 is 1. The summed E-state index contributed by atoms with van der Waals surface area (Å²) in [4.78, 5) is 37.9. The van der Waals surface area contributed by atoms with Crippen molar-refractivity contribution in [2.24, 2.45) is 0 Å². The van der Waals surface area contributed by atoms with E-state index in [1.54, 1.807) is 42.5 Å². The number of benzene rings is 2. The molecule has 3 aromatic rings. The lowest BCUT2D eigenvalue weighted by atomic mass is 10.2. The van der Waals surface area contributed by atoms with Gasteiger partial charge in [0.25, 0.3) is 5.56 Å². The van der Waals surface area contributed by atoms with E-state index in [9.17, 15) is 14.4 Å². The topological polar surface area (TPSA) is 82.3 Å². The summed E-state index contributed by atoms with van der Waals surface area (Å²) in [6.07, 6.45) is 1.46. The van der Waals surface area contributed by atoms with Crippen molar-refractivity contribution in [3.63, 3.8) is 0 Å². The first-order valence-electron chi connectivity index (χ1n) is 8.43. The molecular weight excluding hydrogens is 382 g/mol. The van der Waals surface area contributed by atoms with Crippen LogP contribution in [0.15, 0.2) is 64.7 Å². The van der Waals surface area contributed by atoms with Crippen LogP contribution in [0, 0.1) is 0 Å². The molecule has 0 aliphatic heterocycles. The number of carbonyl (C=O) groups excluding carboxylic acids is 1. The summed E-state index contributed by atoms with van der Waals surface area (Å²) in [6.45, 7) is 3.37. The summed E-state index contributed by atoms with van der Waals surface area (Å²) < 4.78 is 7.39. The monoisotopic (exact) mass is 399 g/mol. The zero-order chi connectivity index (χ0) is 20.3. The van der Waals surface area contributed by atoms with E-state index in [1.165, 1.54) is 17.8 Å². The number of para-hydroxylation sites is 1. The molecule has 0 atom stereocenters. The molecule has 0 saturated carbocycles. The summed E-state index contributed by atoms with van der Waals surface area (Å²) in [7, 11) is 1.50. The number of hydrogen-bond donors (Lipinski definition) is 1. The van der Waals surface area contributed by atoms with Crippen LogP contribution in [0.1, 0.15) is 0 Å². The molecule has 7 nitrogen and oxygen atoms in total. The largest absolute Gasteiger partial charge is 0.495 e. The Morgan fingerprint density at radius 1 is 1.21 bits per heavy atom. The van der Waals surface area contributed by atoms with Crippen LogP contribution in [0.25, 0.3) is 10.9 Å². The number of amides is 1. The maximum Gasteiger partial charge on any atom is 0.332 e. The maximum atomic E-state index is 12.8. The van der Waals surface area contributed by atoms with Crippen LogP contribution in [0.5, 0.6) is 5.75 Å². The number of fused-ring (bicyclic) bond motifs is 1. The summed E-state index contributed by atoms with van der Waals surface area (Å²) in [5, 5.41) is 3.39. The molecule has 0 radical (unpaired) electrons. The number of anilines is 1. The molecule has 3 rings (SSSR count). The molecule has 1 aromatic heterocycles. The Morgan fingerprint density at radius 2 is 1.96 bits per heavy atom. The number of hydrogen-bond acceptors (Lipinski definition) is 4. The second-order valence-corrected chi connectivity index (χ2v) is 6.40. The van der Waals surface area contributed by atoms with E-state index in [0.717, 1.165) is 4.57 Å². The first-order valence-corrected chi connectivity index (χ1v) is 8.80. The molecule has 0 spiro atoms. The van der Waals surface area contributed by atoms with Crippen LogP contribution in [-0.2, 0) is 17.9 Å². The van der Waals surface area contributed by atoms with E-state index in [4.69, 9.17) is 16.3 Å². The molecule has 0 aliphatic carbocycles. The zero-order valence-corrected chi connectivity index (χ0v) is 15.9. The van der Waals surface area contributed by atoms with Crippen LogP contribution in [0.3, 0.4) is 0 Å². The van der Waals surface area contributed by atoms with Crippen molar-refractivity contribution in [2.75, 3.05) is 12.4 Å². The maximum absolute atomic E-state index is 12.8. The van der Waals surface area contributed by atoms with E-state index in [1.807, 2.05) is 0 Å². The van der Waals surface area contributed by atoms with Crippen molar-refractivity contribution in [3.8, 4) is 5.75 Å². The van der Waals surface area contributed by atoms with Gasteiger partial charge < -0.3 is 10.1 Å². The van der Waals surface area contributed by atoms with Gasteiger partial charge in [-0.15, -0.1) is 6.58 Å². The normalized spacial score (nSPS) is 10.6. The molecule has 0 fully saturated rings. The molecule has 1 amide bonds. The van der Waals surface area contributed by atoms with Gasteiger partial charge in [0.15, 0.2) is 0 Å². The van der Waals surface area contributed by atoms with Crippen molar-refractivity contribution in [1.29, 1.82) is 0 Å². The van der Waals surface area contributed by atoms with E-state index >= 15 is 0 Å². The Hall–Kier alpha value is -3.32. The van der Waals surface area contributed by atoms with Gasteiger partial charge in [-0.1, -0.05) is 29.8 Å². The van der Waals surface area contributed by atoms with Gasteiger partial charge in [0.05, 0.1) is 23.0 Å². The molecule has 0 unspecified atom stereocenters. The van der Waals surface area contributed by atoms with Gasteiger partial charge >= 0.3 is 5.69 Å². The zero-order valence-electron chi connectivity index (χ0n) is 15.1. The number of carbonyl (C=O) groups is 1. The van der Waals surface area contributed by atoms with E-state index < -0.39 is 17.2 Å². The second kappa shape index (κ2) is 8.14. The van der Waals surface area contributed by atoms with Crippen molar-refractivity contribution in [2.45, 2.75) is 13.1 Å². The van der Waals surface area contributed by atoms with Gasteiger partial charge in [0.1, 0.15) is 12.3 Å². The quantitative estimate of drug-likeness (QED) is 0.646. The van der Waals surface area contributed by atoms with Crippen LogP contribution in [0.2, 0.25) is 5.02 Å². The molecular formula is C20H18ClN3O4. The van der Waals surface area contributed by atoms with Crippen LogP contribution >= 0.6 is 11.6 Å². The van der Waals surface area contributed by atoms with Crippen LogP contribution < -0.4 is 21.3 Å². The van der Waals surface area contributed by atoms with Gasteiger partial charge in [-0.25, -0.2) is 4.79 Å². The van der Waals surface area contributed by atoms with Crippen LogP contribution in [-0.4, -0.2) is 22.2 Å². The van der Waals surface area contributed by atoms with Crippen molar-refractivity contribution in [3.05, 3.63) is 81.0 Å². The molecule has 28 heavy (non-hydrogen) atoms. The van der Waals surface area contributed by atoms with Crippen LogP contribution in [0.4, 0.5) is 5.69 Å². The lowest BCUT2D eigenvalue weighted by molar-refractivity contribution is -0.116. The minimum absolute atomic E-state index is 0.0538. The highest BCUT2D eigenvalue weighted by Crippen LogP contribution is 2.27. The molecule has 1 N–H and O–H groups in total. The lowest BCUT2D eigenvalue weighted by Gasteiger charge is -2.13. The molecule has 0 saturated heterocycles. The van der Waals surface area contributed by atoms with Crippen molar-refractivity contribution in [1.82, 2.24) is 9.13 Å². The summed E-state index contributed by atoms with van der Waals surface area (Å²) in [6, 6.07) is 11.5. The Balaban J connectivity index is 1.98. The van der Waals surface area contributed by atoms with E-state index in [0.29, 0.717) is 27.4 Å². The van der Waals surface area contributed by atoms with Crippen molar-refractivity contribution < 1.29 is 9.53 Å². The Kier molecular flexibility index (Phi) is 5.65. The van der Waals surface area contributed by atoms with E-state index in [-0.39, 0.29) is 13.1 Å². The van der Waals surface area contributed by atoms with Crippen molar-refractivity contribution >= 4 is 34.1 Å². The van der Waals surface area contributed by atoms with E-state index in [2.05, 4.69) is 11.9 Å². The van der Waals surface area contributed by atoms with Gasteiger partial charge in [0.2, 0.25) is 5.91 Å². The fourth-order valence-electron chi connectivity index (χ4n) is 2.90. The number of rotatable bonds is 6. The minimum Gasteiger partial charge on any atom is -0.495 e. The average Bonchev–Trinajstić information content (AvgIpc) is 2.68. The molecule has 8 heteroatoms. The number of nitrogens with one attached hydrogen (secondary N) is 1. The predicted octanol–water partition coefficient (Wildman–Crippen LogP) is 2.65. The number of ether oxygens (including phenoxy) is 1. The summed E-state index contributed by atoms with van der Waals surface area (Å²) >= 11 is 6.07. The predicted molar refractivity (Wildman–Crippen MR) is 109 cm³/mol. The van der Waals surface area contributed by atoms with Gasteiger partial charge in [-0.2, -0.15) is 0 Å². The standard InChI is InChI=1S/C20H18ClN3O4/c1-3-10-23-19(26)14-6-4-5-7-16(14)24(20(23)27)12-18(25)22-13-8-9-17(28-2)15(21)11-13/h3-9,11H,1,10,12H2,2H3,(H,22,25). The fourth-order valence-corrected chi connectivity index (χ4v) is 3.16. The number of allylic oxidation sites excluding steroid dienone is 1. The van der Waals surface area contributed by atoms with Gasteiger partial charge in [0, 0.05) is 12.2 Å². The molecule has 144 valence electrons. The third-order valence-corrected chi connectivity index (χ3v) is 4.48. The summed E-state index contributed by atoms with van der Waals surface area (Å²) in [5.74, 6) is 0.0515. The SMILES string of the molecule is C=CCn1c(=O)c2ccccc2n(CC(=O)Nc2ccc(OC)c(Cl)c2)c1=O. The fraction of sp³-hybridized carbons (Fsp3) is 0.150. The number of aromatic nitrogens is 2. The number of nitrogens with zero attached hydrogens (tertiary/aromatic N) is 2. The Morgan fingerprint density at radius 3 is 2.64 bits per heavy atom. The summed E-state index contributed by atoms with van der Waals surface area (Å²) in [5.41, 5.74) is -0.140. The minimum atomic E-state index is -0.577. The molecule has 1 heterocycles. The van der Waals surface area contributed by atoms with Gasteiger partial charge in [-0.3, -0.25) is 18.7 Å². The Labute approximate surface area is 165 Å². The highest BCUT2D eigenvalue weighted by atomic mass is 35.5. The highest BCUT2D eigenvalue weighted by molar-refractivity contribution is 6.32. The lowest BCUT2D eigenvalue weighted by Crippen LogP contribution is -2.41. The third kappa shape index (κ3) is 3.70. The van der Waals surface area contributed by atoms with Gasteiger partial charge in [-0.05, 0) is 30.3 Å². The average molecular weight is 400 g/mol. The first kappa shape index (κ1) is 19.4. The third-order valence-electron chi connectivity index (χ3n) is 4.18. The first-order chi connectivity index (χ1) is 13.5.